The molecular formula is C12H17ClFN3O. The number of nitrogens with one attached hydrogen (secondary N) is 1. The second-order valence-electron chi connectivity index (χ2n) is 4.88. The maximum absolute atomic E-state index is 13.0. The van der Waals surface area contributed by atoms with Crippen molar-refractivity contribution in [3.63, 3.8) is 0 Å². The fourth-order valence-corrected chi connectivity index (χ4v) is 1.32. The molecule has 0 atom stereocenters. The highest BCUT2D eigenvalue weighted by molar-refractivity contribution is 6.32. The van der Waals surface area contributed by atoms with Gasteiger partial charge in [0.15, 0.2) is 0 Å². The fraction of sp³-hybridized carbons (Fsp3) is 0.500. The summed E-state index contributed by atoms with van der Waals surface area (Å²) in [6.45, 7) is 4.39. The first kappa shape index (κ1) is 14.9. The van der Waals surface area contributed by atoms with Gasteiger partial charge in [0.05, 0.1) is 11.8 Å². The maximum atomic E-state index is 13.0. The number of pyridine rings is 1. The zero-order chi connectivity index (χ0) is 13.9. The largest absolute Gasteiger partial charge is 0.350 e. The van der Waals surface area contributed by atoms with Crippen LogP contribution in [0.4, 0.5) is 4.39 Å². The van der Waals surface area contributed by atoms with Crippen molar-refractivity contribution in [1.29, 1.82) is 0 Å². The molecule has 1 heterocycles. The van der Waals surface area contributed by atoms with Crippen molar-refractivity contribution >= 4 is 17.5 Å². The monoisotopic (exact) mass is 273 g/mol. The van der Waals surface area contributed by atoms with Crippen LogP contribution in [-0.2, 0) is 0 Å². The van der Waals surface area contributed by atoms with Gasteiger partial charge in [0.2, 0.25) is 0 Å². The lowest BCUT2D eigenvalue weighted by Crippen LogP contribution is -2.48. The van der Waals surface area contributed by atoms with Crippen LogP contribution >= 0.6 is 11.6 Å². The van der Waals surface area contributed by atoms with E-state index in [1.807, 2.05) is 32.8 Å². The van der Waals surface area contributed by atoms with E-state index in [4.69, 9.17) is 11.6 Å². The average Bonchev–Trinajstić information content (AvgIpc) is 2.29. The van der Waals surface area contributed by atoms with Gasteiger partial charge in [0.25, 0.3) is 5.91 Å². The molecule has 0 bridgehead atoms. The smallest absolute Gasteiger partial charge is 0.254 e. The lowest BCUT2D eigenvalue weighted by molar-refractivity contribution is 0.0919. The van der Waals surface area contributed by atoms with Crippen LogP contribution in [0.5, 0.6) is 0 Å². The molecule has 1 N–H and O–H groups in total. The van der Waals surface area contributed by atoms with E-state index in [9.17, 15) is 9.18 Å². The van der Waals surface area contributed by atoms with E-state index >= 15 is 0 Å². The van der Waals surface area contributed by atoms with Gasteiger partial charge in [-0.2, -0.15) is 0 Å². The number of hydrogen-bond donors (Lipinski definition) is 1. The summed E-state index contributed by atoms with van der Waals surface area (Å²) in [4.78, 5) is 17.4. The van der Waals surface area contributed by atoms with Crippen molar-refractivity contribution in [2.45, 2.75) is 19.4 Å². The summed E-state index contributed by atoms with van der Waals surface area (Å²) in [5.74, 6) is -1.02. The molecule has 0 saturated heterocycles. The van der Waals surface area contributed by atoms with E-state index in [1.165, 1.54) is 0 Å². The van der Waals surface area contributed by atoms with Gasteiger partial charge in [-0.15, -0.1) is 0 Å². The van der Waals surface area contributed by atoms with Crippen molar-refractivity contribution in [2.24, 2.45) is 0 Å². The molecule has 1 aromatic heterocycles. The Morgan fingerprint density at radius 2 is 2.17 bits per heavy atom. The summed E-state index contributed by atoms with van der Waals surface area (Å²) < 4.78 is 13.0. The van der Waals surface area contributed by atoms with E-state index in [2.05, 4.69) is 10.3 Å². The first-order chi connectivity index (χ1) is 8.24. The van der Waals surface area contributed by atoms with Crippen LogP contribution in [-0.4, -0.2) is 42.0 Å². The van der Waals surface area contributed by atoms with Crippen LogP contribution in [0.2, 0.25) is 5.15 Å². The summed E-state index contributed by atoms with van der Waals surface area (Å²) in [6.07, 6.45) is 0.975. The second kappa shape index (κ2) is 5.63. The molecule has 4 nitrogen and oxygen atoms in total. The predicted octanol–water partition coefficient (Wildman–Crippen LogP) is 1.94. The van der Waals surface area contributed by atoms with Crippen LogP contribution in [0.25, 0.3) is 0 Å². The summed E-state index contributed by atoms with van der Waals surface area (Å²) in [5, 5.41) is 2.71. The molecule has 100 valence electrons. The summed E-state index contributed by atoms with van der Waals surface area (Å²) >= 11 is 5.75. The van der Waals surface area contributed by atoms with Gasteiger partial charge >= 0.3 is 0 Å². The number of carbonyl (C=O) groups excluding carboxylic acids is 1. The third-order valence-corrected chi connectivity index (χ3v) is 3.24. The topological polar surface area (TPSA) is 45.2 Å². The molecule has 0 unspecified atom stereocenters. The van der Waals surface area contributed by atoms with Crippen molar-refractivity contribution in [1.82, 2.24) is 15.2 Å². The number of carbonyl (C=O) groups is 1. The Morgan fingerprint density at radius 1 is 1.56 bits per heavy atom. The minimum atomic E-state index is -0.587. The zero-order valence-corrected chi connectivity index (χ0v) is 11.7. The Morgan fingerprint density at radius 3 is 2.72 bits per heavy atom. The average molecular weight is 274 g/mol. The number of nitrogens with zero attached hydrogens (tertiary/aromatic N) is 2. The van der Waals surface area contributed by atoms with Crippen LogP contribution in [0.15, 0.2) is 12.3 Å². The number of rotatable bonds is 4. The quantitative estimate of drug-likeness (QED) is 0.853. The third kappa shape index (κ3) is 3.65. The summed E-state index contributed by atoms with van der Waals surface area (Å²) in [6, 6.07) is 1.08. The highest BCUT2D eigenvalue weighted by Gasteiger charge is 2.22. The van der Waals surface area contributed by atoms with Crippen molar-refractivity contribution in [3.05, 3.63) is 28.8 Å². The molecular weight excluding hydrogens is 257 g/mol. The maximum Gasteiger partial charge on any atom is 0.254 e. The predicted molar refractivity (Wildman–Crippen MR) is 69.3 cm³/mol. The first-order valence-electron chi connectivity index (χ1n) is 5.51. The highest BCUT2D eigenvalue weighted by Crippen LogP contribution is 2.14. The van der Waals surface area contributed by atoms with Crippen LogP contribution in [0.3, 0.4) is 0 Å². The molecule has 1 aromatic rings. The molecule has 0 radical (unpaired) electrons. The molecule has 0 spiro atoms. The van der Waals surface area contributed by atoms with Gasteiger partial charge < -0.3 is 10.2 Å². The van der Waals surface area contributed by atoms with E-state index in [-0.39, 0.29) is 16.3 Å². The Balaban J connectivity index is 2.75. The second-order valence-corrected chi connectivity index (χ2v) is 5.24. The molecule has 0 aliphatic carbocycles. The Kier molecular flexibility index (Phi) is 4.65. The number of amides is 1. The third-order valence-electron chi connectivity index (χ3n) is 2.94. The minimum absolute atomic E-state index is 0.00319. The lowest BCUT2D eigenvalue weighted by Gasteiger charge is -2.32. The normalized spacial score (nSPS) is 11.7. The van der Waals surface area contributed by atoms with E-state index in [0.29, 0.717) is 6.54 Å². The van der Waals surface area contributed by atoms with Crippen LogP contribution in [0, 0.1) is 5.82 Å². The Labute approximate surface area is 111 Å². The number of aromatic nitrogens is 1. The lowest BCUT2D eigenvalue weighted by atomic mass is 10.0. The molecule has 0 saturated carbocycles. The molecule has 1 rings (SSSR count). The molecule has 18 heavy (non-hydrogen) atoms. The van der Waals surface area contributed by atoms with E-state index < -0.39 is 11.7 Å². The van der Waals surface area contributed by atoms with Gasteiger partial charge in [0, 0.05) is 12.1 Å². The SMILES string of the molecule is CN(C)C(C)(C)CNC(=O)c1cc(F)cnc1Cl. The standard InChI is InChI=1S/C12H17ClFN3O/c1-12(2,17(3)4)7-16-11(18)9-5-8(14)6-15-10(9)13/h5-6H,7H2,1-4H3,(H,16,18). The van der Waals surface area contributed by atoms with E-state index in [0.717, 1.165) is 12.3 Å². The van der Waals surface area contributed by atoms with Crippen LogP contribution < -0.4 is 5.32 Å². The number of hydrogen-bond acceptors (Lipinski definition) is 3. The number of likely N-dealkylation sites (N-methyl/N-ethyl adjacent to an activating group) is 1. The Bertz CT molecular complexity index is 449. The molecule has 6 heteroatoms. The summed E-state index contributed by atoms with van der Waals surface area (Å²) in [7, 11) is 3.84. The van der Waals surface area contributed by atoms with Crippen molar-refractivity contribution < 1.29 is 9.18 Å². The van der Waals surface area contributed by atoms with Gasteiger partial charge in [0.1, 0.15) is 11.0 Å². The summed E-state index contributed by atoms with van der Waals surface area (Å²) in [5.41, 5.74) is -0.158. The highest BCUT2D eigenvalue weighted by atomic mass is 35.5. The van der Waals surface area contributed by atoms with Crippen molar-refractivity contribution in [2.75, 3.05) is 20.6 Å². The van der Waals surface area contributed by atoms with Gasteiger partial charge in [-0.25, -0.2) is 9.37 Å². The van der Waals surface area contributed by atoms with Gasteiger partial charge in [-0.1, -0.05) is 11.6 Å². The van der Waals surface area contributed by atoms with Crippen LogP contribution in [0.1, 0.15) is 24.2 Å². The molecule has 0 fully saturated rings. The van der Waals surface area contributed by atoms with E-state index in [1.54, 1.807) is 0 Å². The molecule has 0 aliphatic heterocycles. The Hall–Kier alpha value is -1.20. The molecule has 0 aromatic carbocycles. The molecule has 1 amide bonds. The van der Waals surface area contributed by atoms with Crippen molar-refractivity contribution in [3.8, 4) is 0 Å². The first-order valence-corrected chi connectivity index (χ1v) is 5.88. The fourth-order valence-electron chi connectivity index (χ4n) is 1.13. The molecule has 0 aliphatic rings. The number of halogens is 2. The van der Waals surface area contributed by atoms with Gasteiger partial charge in [-0.3, -0.25) is 4.79 Å². The zero-order valence-electron chi connectivity index (χ0n) is 10.9. The minimum Gasteiger partial charge on any atom is -0.350 e. The van der Waals surface area contributed by atoms with Gasteiger partial charge in [-0.05, 0) is 34.0 Å².